The minimum Gasteiger partial charge on any atom is -0.347 e. The van der Waals surface area contributed by atoms with E-state index in [9.17, 15) is 9.59 Å². The number of rotatable bonds is 4. The number of aliphatic imine (C=N–C) groups is 1. The Labute approximate surface area is 143 Å². The van der Waals surface area contributed by atoms with Crippen LogP contribution in [0.2, 0.25) is 0 Å². The first-order chi connectivity index (χ1) is 10.6. The molecule has 0 aromatic carbocycles. The van der Waals surface area contributed by atoms with Crippen molar-refractivity contribution in [1.82, 2.24) is 20.0 Å². The van der Waals surface area contributed by atoms with E-state index in [4.69, 9.17) is 0 Å². The topological polar surface area (TPSA) is 68.2 Å². The van der Waals surface area contributed by atoms with Crippen molar-refractivity contribution < 1.29 is 9.59 Å². The maximum atomic E-state index is 11.8. The Morgan fingerprint density at radius 3 is 2.30 bits per heavy atom. The Kier molecular flexibility index (Phi) is 7.18. The summed E-state index contributed by atoms with van der Waals surface area (Å²) in [6.07, 6.45) is 0. The molecule has 1 N–H and O–H groups in total. The summed E-state index contributed by atoms with van der Waals surface area (Å²) in [6.45, 7) is 6.32. The molecule has 1 rings (SSSR count). The van der Waals surface area contributed by atoms with Gasteiger partial charge >= 0.3 is 0 Å². The number of carbonyl (C=O) groups is 2. The second kappa shape index (κ2) is 8.42. The van der Waals surface area contributed by atoms with E-state index in [0.717, 1.165) is 18.8 Å². The molecule has 7 nitrogen and oxygen atoms in total. The van der Waals surface area contributed by atoms with Crippen molar-refractivity contribution in [3.8, 4) is 0 Å². The highest BCUT2D eigenvalue weighted by Crippen LogP contribution is 2.29. The minimum atomic E-state index is -0.0612. The zero-order valence-electron chi connectivity index (χ0n) is 15.0. The van der Waals surface area contributed by atoms with E-state index in [-0.39, 0.29) is 29.7 Å². The molecule has 0 atom stereocenters. The highest BCUT2D eigenvalue weighted by Gasteiger charge is 2.29. The van der Waals surface area contributed by atoms with Crippen molar-refractivity contribution >= 4 is 29.5 Å². The molecule has 1 fully saturated rings. The van der Waals surface area contributed by atoms with Crippen molar-refractivity contribution in [2.24, 2.45) is 4.99 Å². The summed E-state index contributed by atoms with van der Waals surface area (Å²) >= 11 is 1.93. The largest absolute Gasteiger partial charge is 0.347 e. The summed E-state index contributed by atoms with van der Waals surface area (Å²) in [5.41, 5.74) is 0. The van der Waals surface area contributed by atoms with E-state index >= 15 is 0 Å². The standard InChI is InChI=1S/C15H29N5O2S/c1-15(2)11-20(7-8-23-15)14(16-9-12(21)18(3)4)17-10-13(22)19(5)6/h7-11H2,1-6H3,(H,16,17). The first-order valence-electron chi connectivity index (χ1n) is 7.70. The average molecular weight is 343 g/mol. The molecule has 23 heavy (non-hydrogen) atoms. The quantitative estimate of drug-likeness (QED) is 0.572. The van der Waals surface area contributed by atoms with Crippen LogP contribution in [0.15, 0.2) is 4.99 Å². The van der Waals surface area contributed by atoms with Crippen molar-refractivity contribution in [2.45, 2.75) is 18.6 Å². The molecule has 0 aromatic rings. The van der Waals surface area contributed by atoms with Gasteiger partial charge in [0, 0.05) is 51.8 Å². The highest BCUT2D eigenvalue weighted by atomic mass is 32.2. The summed E-state index contributed by atoms with van der Waals surface area (Å²) in [7, 11) is 6.86. The van der Waals surface area contributed by atoms with Gasteiger partial charge in [0.05, 0.1) is 6.54 Å². The van der Waals surface area contributed by atoms with Gasteiger partial charge in [0.15, 0.2) is 5.96 Å². The number of nitrogens with one attached hydrogen (secondary N) is 1. The molecule has 0 bridgehead atoms. The number of carbonyl (C=O) groups excluding carboxylic acids is 2. The predicted molar refractivity (Wildman–Crippen MR) is 95.8 cm³/mol. The lowest BCUT2D eigenvalue weighted by molar-refractivity contribution is -0.127. The Morgan fingerprint density at radius 2 is 1.78 bits per heavy atom. The molecule has 0 unspecified atom stereocenters. The number of likely N-dealkylation sites (N-methyl/N-ethyl adjacent to an activating group) is 2. The first kappa shape index (κ1) is 19.6. The molecule has 0 aromatic heterocycles. The summed E-state index contributed by atoms with van der Waals surface area (Å²) in [5.74, 6) is 1.54. The molecule has 1 saturated heterocycles. The van der Waals surface area contributed by atoms with Crippen molar-refractivity contribution in [2.75, 3.05) is 60.1 Å². The van der Waals surface area contributed by atoms with Crippen LogP contribution >= 0.6 is 11.8 Å². The van der Waals surface area contributed by atoms with Gasteiger partial charge in [0.2, 0.25) is 11.8 Å². The van der Waals surface area contributed by atoms with Crippen LogP contribution in [0.25, 0.3) is 0 Å². The lowest BCUT2D eigenvalue weighted by Crippen LogP contribution is -2.52. The lowest BCUT2D eigenvalue weighted by atomic mass is 10.2. The van der Waals surface area contributed by atoms with Gasteiger partial charge in [-0.25, -0.2) is 4.99 Å². The molecular weight excluding hydrogens is 314 g/mol. The fraction of sp³-hybridized carbons (Fsp3) is 0.800. The molecule has 1 aliphatic rings. The molecule has 0 spiro atoms. The maximum absolute atomic E-state index is 11.8. The van der Waals surface area contributed by atoms with Gasteiger partial charge < -0.3 is 20.0 Å². The third kappa shape index (κ3) is 6.68. The fourth-order valence-electron chi connectivity index (χ4n) is 2.06. The molecule has 2 amide bonds. The molecular formula is C15H29N5O2S. The van der Waals surface area contributed by atoms with Gasteiger partial charge in [-0.2, -0.15) is 11.8 Å². The molecule has 8 heteroatoms. The summed E-state index contributed by atoms with van der Waals surface area (Å²) < 4.78 is 0.123. The molecule has 0 radical (unpaired) electrons. The van der Waals surface area contributed by atoms with Crippen molar-refractivity contribution in [1.29, 1.82) is 0 Å². The van der Waals surface area contributed by atoms with Gasteiger partial charge in [0.25, 0.3) is 0 Å². The highest BCUT2D eigenvalue weighted by molar-refractivity contribution is 8.00. The third-order valence-electron chi connectivity index (χ3n) is 3.48. The number of guanidine groups is 1. The van der Waals surface area contributed by atoms with Gasteiger partial charge in [-0.1, -0.05) is 0 Å². The third-order valence-corrected chi connectivity index (χ3v) is 4.78. The van der Waals surface area contributed by atoms with E-state index < -0.39 is 0 Å². The first-order valence-corrected chi connectivity index (χ1v) is 8.68. The van der Waals surface area contributed by atoms with E-state index in [1.807, 2.05) is 11.8 Å². The van der Waals surface area contributed by atoms with Crippen LogP contribution in [-0.2, 0) is 9.59 Å². The smallest absolute Gasteiger partial charge is 0.243 e. The molecule has 132 valence electrons. The number of amides is 2. The number of thioether (sulfide) groups is 1. The SMILES string of the molecule is CN(C)C(=O)CN=C(NCC(=O)N(C)C)N1CCSC(C)(C)C1. The second-order valence-electron chi connectivity index (χ2n) is 6.60. The molecule has 0 saturated carbocycles. The molecule has 1 heterocycles. The van der Waals surface area contributed by atoms with Gasteiger partial charge in [-0.15, -0.1) is 0 Å². The Hall–Kier alpha value is -1.44. The van der Waals surface area contributed by atoms with Gasteiger partial charge in [0.1, 0.15) is 6.54 Å². The zero-order valence-corrected chi connectivity index (χ0v) is 15.9. The lowest BCUT2D eigenvalue weighted by Gasteiger charge is -2.39. The van der Waals surface area contributed by atoms with Crippen LogP contribution in [-0.4, -0.2) is 97.3 Å². The maximum Gasteiger partial charge on any atom is 0.243 e. The van der Waals surface area contributed by atoms with E-state index in [1.165, 1.54) is 9.80 Å². The Bertz CT molecular complexity index is 463. The summed E-state index contributed by atoms with van der Waals surface area (Å²) in [4.78, 5) is 33.2. The van der Waals surface area contributed by atoms with Crippen LogP contribution in [0, 0.1) is 0 Å². The van der Waals surface area contributed by atoms with Crippen LogP contribution in [0.4, 0.5) is 0 Å². The van der Waals surface area contributed by atoms with Crippen molar-refractivity contribution in [3.63, 3.8) is 0 Å². The Morgan fingerprint density at radius 1 is 1.17 bits per heavy atom. The molecule has 0 aliphatic carbocycles. The van der Waals surface area contributed by atoms with Crippen LogP contribution in [0.1, 0.15) is 13.8 Å². The fourth-order valence-corrected chi connectivity index (χ4v) is 3.17. The van der Waals surface area contributed by atoms with Crippen LogP contribution < -0.4 is 5.32 Å². The minimum absolute atomic E-state index is 0.0257. The molecule has 1 aliphatic heterocycles. The van der Waals surface area contributed by atoms with Gasteiger partial charge in [-0.05, 0) is 13.8 Å². The van der Waals surface area contributed by atoms with Gasteiger partial charge in [-0.3, -0.25) is 9.59 Å². The number of hydrogen-bond acceptors (Lipinski definition) is 4. The summed E-state index contributed by atoms with van der Waals surface area (Å²) in [5, 5.41) is 3.11. The predicted octanol–water partition coefficient (Wildman–Crippen LogP) is -0.0642. The summed E-state index contributed by atoms with van der Waals surface area (Å²) in [6, 6.07) is 0. The second-order valence-corrected chi connectivity index (χ2v) is 8.40. The zero-order chi connectivity index (χ0) is 17.6. The van der Waals surface area contributed by atoms with E-state index in [1.54, 1.807) is 28.2 Å². The van der Waals surface area contributed by atoms with Crippen LogP contribution in [0.5, 0.6) is 0 Å². The Balaban J connectivity index is 2.80. The number of nitrogens with zero attached hydrogens (tertiary/aromatic N) is 4. The van der Waals surface area contributed by atoms with E-state index in [0.29, 0.717) is 5.96 Å². The normalized spacial score (nSPS) is 17.7. The average Bonchev–Trinajstić information content (AvgIpc) is 2.45. The monoisotopic (exact) mass is 343 g/mol. The van der Waals surface area contributed by atoms with Crippen LogP contribution in [0.3, 0.4) is 0 Å². The van der Waals surface area contributed by atoms with E-state index in [2.05, 4.69) is 29.1 Å². The number of hydrogen-bond donors (Lipinski definition) is 1. The van der Waals surface area contributed by atoms with Crippen molar-refractivity contribution in [3.05, 3.63) is 0 Å².